The summed E-state index contributed by atoms with van der Waals surface area (Å²) < 4.78 is 25.4. The van der Waals surface area contributed by atoms with E-state index < -0.39 is 10.0 Å². The van der Waals surface area contributed by atoms with Crippen molar-refractivity contribution in [3.05, 3.63) is 0 Å². The first-order valence-corrected chi connectivity index (χ1v) is 9.29. The van der Waals surface area contributed by atoms with Gasteiger partial charge in [-0.2, -0.15) is 0 Å². The van der Waals surface area contributed by atoms with Gasteiger partial charge < -0.3 is 5.32 Å². The van der Waals surface area contributed by atoms with Crippen LogP contribution in [0.3, 0.4) is 0 Å². The van der Waals surface area contributed by atoms with Gasteiger partial charge >= 0.3 is 0 Å². The molecule has 0 heterocycles. The highest BCUT2D eigenvalue weighted by atomic mass is 32.2. The first-order valence-electron chi connectivity index (χ1n) is 7.68. The van der Waals surface area contributed by atoms with Crippen molar-refractivity contribution in [2.75, 3.05) is 25.4 Å². The minimum atomic E-state index is -3.25. The third kappa shape index (κ3) is 6.70. The number of nitrogens with one attached hydrogen (secondary N) is 1. The van der Waals surface area contributed by atoms with E-state index in [0.29, 0.717) is 13.1 Å². The molecule has 0 saturated carbocycles. The lowest BCUT2D eigenvalue weighted by Gasteiger charge is -2.19. The number of amides is 1. The monoisotopic (exact) mass is 306 g/mol. The predicted molar refractivity (Wildman–Crippen MR) is 83.0 cm³/mol. The summed E-state index contributed by atoms with van der Waals surface area (Å²) in [6, 6.07) is 0. The smallest absolute Gasteiger partial charge is 0.223 e. The Balaban J connectivity index is 4.31. The maximum atomic E-state index is 12.0. The van der Waals surface area contributed by atoms with Crippen LogP contribution in [0.25, 0.3) is 0 Å². The molecule has 120 valence electrons. The maximum absolute atomic E-state index is 12.0. The molecule has 0 rings (SSSR count). The molecule has 6 heteroatoms. The van der Waals surface area contributed by atoms with Gasteiger partial charge in [-0.3, -0.25) is 4.79 Å². The lowest BCUT2D eigenvalue weighted by Crippen LogP contribution is -2.39. The van der Waals surface area contributed by atoms with Crippen LogP contribution in [-0.2, 0) is 14.8 Å². The average molecular weight is 306 g/mol. The predicted octanol–water partition coefficient (Wildman–Crippen LogP) is 1.99. The van der Waals surface area contributed by atoms with Crippen molar-refractivity contribution in [3.8, 4) is 0 Å². The van der Waals surface area contributed by atoms with Crippen molar-refractivity contribution >= 4 is 15.9 Å². The number of hydrogen-bond acceptors (Lipinski definition) is 3. The summed E-state index contributed by atoms with van der Waals surface area (Å²) >= 11 is 0. The van der Waals surface area contributed by atoms with E-state index >= 15 is 0 Å². The van der Waals surface area contributed by atoms with Gasteiger partial charge in [-0.1, -0.05) is 40.5 Å². The Morgan fingerprint density at radius 1 is 1.05 bits per heavy atom. The van der Waals surface area contributed by atoms with Crippen LogP contribution in [0.1, 0.15) is 53.4 Å². The molecule has 0 bridgehead atoms. The zero-order chi connectivity index (χ0) is 15.6. The summed E-state index contributed by atoms with van der Waals surface area (Å²) in [5, 5.41) is 2.77. The van der Waals surface area contributed by atoms with E-state index in [9.17, 15) is 13.2 Å². The van der Waals surface area contributed by atoms with Gasteiger partial charge in [-0.25, -0.2) is 12.7 Å². The number of rotatable bonds is 11. The van der Waals surface area contributed by atoms with E-state index in [1.54, 1.807) is 0 Å². The average Bonchev–Trinajstić information content (AvgIpc) is 2.39. The quantitative estimate of drug-likeness (QED) is 0.635. The minimum absolute atomic E-state index is 0.0107. The molecule has 0 unspecified atom stereocenters. The summed E-state index contributed by atoms with van der Waals surface area (Å²) in [6.07, 6.45) is 3.66. The van der Waals surface area contributed by atoms with E-state index in [-0.39, 0.29) is 24.1 Å². The first kappa shape index (κ1) is 19.4. The highest BCUT2D eigenvalue weighted by molar-refractivity contribution is 7.89. The zero-order valence-corrected chi connectivity index (χ0v) is 14.1. The molecular weight excluding hydrogens is 276 g/mol. The molecular formula is C14H30N2O3S. The molecule has 20 heavy (non-hydrogen) atoms. The lowest BCUT2D eigenvalue weighted by atomic mass is 9.97. The SMILES string of the molecule is CCCC(CCC)C(=O)NCCS(=O)(=O)N(CC)CC. The van der Waals surface area contributed by atoms with Crippen LogP contribution in [-0.4, -0.2) is 44.0 Å². The van der Waals surface area contributed by atoms with E-state index in [4.69, 9.17) is 0 Å². The summed E-state index contributed by atoms with van der Waals surface area (Å²) in [5.74, 6) is -0.0182. The van der Waals surface area contributed by atoms with Crippen LogP contribution in [0.15, 0.2) is 0 Å². The number of carbonyl (C=O) groups excluding carboxylic acids is 1. The Bertz CT molecular complexity index is 359. The number of sulfonamides is 1. The minimum Gasteiger partial charge on any atom is -0.355 e. The maximum Gasteiger partial charge on any atom is 0.223 e. The molecule has 1 N–H and O–H groups in total. The second-order valence-corrected chi connectivity index (χ2v) is 7.05. The topological polar surface area (TPSA) is 66.5 Å². The third-order valence-electron chi connectivity index (χ3n) is 3.40. The van der Waals surface area contributed by atoms with Crippen LogP contribution in [0, 0.1) is 5.92 Å². The number of carbonyl (C=O) groups is 1. The van der Waals surface area contributed by atoms with E-state index in [2.05, 4.69) is 19.2 Å². The molecule has 1 amide bonds. The van der Waals surface area contributed by atoms with E-state index in [1.165, 1.54) is 4.31 Å². The van der Waals surface area contributed by atoms with Crippen molar-refractivity contribution in [2.45, 2.75) is 53.4 Å². The fourth-order valence-corrected chi connectivity index (χ4v) is 3.70. The van der Waals surface area contributed by atoms with Gasteiger partial charge in [0.2, 0.25) is 15.9 Å². The van der Waals surface area contributed by atoms with Gasteiger partial charge in [0.05, 0.1) is 5.75 Å². The molecule has 0 fully saturated rings. The Hall–Kier alpha value is -0.620. The van der Waals surface area contributed by atoms with E-state index in [0.717, 1.165) is 25.7 Å². The van der Waals surface area contributed by atoms with Crippen molar-refractivity contribution in [3.63, 3.8) is 0 Å². The largest absolute Gasteiger partial charge is 0.355 e. The molecule has 0 aliphatic rings. The van der Waals surface area contributed by atoms with Gasteiger partial charge in [-0.15, -0.1) is 0 Å². The Labute approximate surface area is 124 Å². The molecule has 0 aromatic carbocycles. The highest BCUT2D eigenvalue weighted by Crippen LogP contribution is 2.13. The summed E-state index contributed by atoms with van der Waals surface area (Å²) in [6.45, 7) is 8.89. The van der Waals surface area contributed by atoms with Gasteiger partial charge in [-0.05, 0) is 12.8 Å². The van der Waals surface area contributed by atoms with Crippen LogP contribution in [0.4, 0.5) is 0 Å². The summed E-state index contributed by atoms with van der Waals surface area (Å²) in [5.41, 5.74) is 0. The van der Waals surface area contributed by atoms with Crippen molar-refractivity contribution in [1.29, 1.82) is 0 Å². The van der Waals surface area contributed by atoms with Crippen molar-refractivity contribution in [1.82, 2.24) is 9.62 Å². The second kappa shape index (κ2) is 10.2. The Morgan fingerprint density at radius 3 is 1.95 bits per heavy atom. The molecule has 0 aliphatic heterocycles. The standard InChI is InChI=1S/C14H30N2O3S/c1-5-9-13(10-6-2)14(17)15-11-12-20(18,19)16(7-3)8-4/h13H,5-12H2,1-4H3,(H,15,17). The molecule has 0 aliphatic carbocycles. The Kier molecular flexibility index (Phi) is 9.84. The molecule has 0 atom stereocenters. The van der Waals surface area contributed by atoms with Crippen molar-refractivity contribution in [2.24, 2.45) is 5.92 Å². The zero-order valence-electron chi connectivity index (χ0n) is 13.3. The van der Waals surface area contributed by atoms with Gasteiger partial charge in [0.25, 0.3) is 0 Å². The first-order chi connectivity index (χ1) is 9.42. The van der Waals surface area contributed by atoms with Gasteiger partial charge in [0.15, 0.2) is 0 Å². The van der Waals surface area contributed by atoms with Crippen LogP contribution < -0.4 is 5.32 Å². The third-order valence-corrected chi connectivity index (χ3v) is 5.43. The van der Waals surface area contributed by atoms with Crippen molar-refractivity contribution < 1.29 is 13.2 Å². The van der Waals surface area contributed by atoms with Gasteiger partial charge in [0, 0.05) is 25.6 Å². The lowest BCUT2D eigenvalue weighted by molar-refractivity contribution is -0.125. The second-order valence-electron chi connectivity index (χ2n) is 4.97. The van der Waals surface area contributed by atoms with E-state index in [1.807, 2.05) is 13.8 Å². The molecule has 0 spiro atoms. The molecule has 0 saturated heterocycles. The fraction of sp³-hybridized carbons (Fsp3) is 0.929. The Morgan fingerprint density at radius 2 is 1.55 bits per heavy atom. The molecule has 0 aromatic heterocycles. The van der Waals surface area contributed by atoms with Crippen LogP contribution in [0.2, 0.25) is 0 Å². The summed E-state index contributed by atoms with van der Waals surface area (Å²) in [4.78, 5) is 12.0. The van der Waals surface area contributed by atoms with Gasteiger partial charge in [0.1, 0.15) is 0 Å². The normalized spacial score (nSPS) is 12.1. The number of hydrogen-bond donors (Lipinski definition) is 1. The van der Waals surface area contributed by atoms with Crippen LogP contribution >= 0.6 is 0 Å². The van der Waals surface area contributed by atoms with Crippen LogP contribution in [0.5, 0.6) is 0 Å². The highest BCUT2D eigenvalue weighted by Gasteiger charge is 2.20. The molecule has 0 radical (unpaired) electrons. The number of nitrogens with zero attached hydrogens (tertiary/aromatic N) is 1. The molecule has 5 nitrogen and oxygen atoms in total. The fourth-order valence-electron chi connectivity index (χ4n) is 2.30. The summed E-state index contributed by atoms with van der Waals surface area (Å²) in [7, 11) is -3.25. The molecule has 0 aromatic rings.